The molecule has 98 valence electrons. The molecule has 0 aliphatic heterocycles. The van der Waals surface area contributed by atoms with Crippen LogP contribution in [0, 0.1) is 5.92 Å². The average Bonchev–Trinajstić information content (AvgIpc) is 1.98. The first-order valence-electron chi connectivity index (χ1n) is 4.79. The predicted molar refractivity (Wildman–Crippen MR) is 60.0 cm³/mol. The summed E-state index contributed by atoms with van der Waals surface area (Å²) in [5, 5.41) is 0. The monoisotopic (exact) mass is 274 g/mol. The van der Waals surface area contributed by atoms with E-state index in [4.69, 9.17) is 0 Å². The van der Waals surface area contributed by atoms with Gasteiger partial charge in [0.2, 0.25) is 0 Å². The van der Waals surface area contributed by atoms with Crippen LogP contribution >= 0.6 is 0 Å². The van der Waals surface area contributed by atoms with Crippen molar-refractivity contribution in [3.63, 3.8) is 0 Å². The largest absolute Gasteiger partial charge is 0.270 e. The minimum atomic E-state index is -3.39. The highest BCUT2D eigenvalue weighted by Gasteiger charge is 2.08. The Hall–Kier alpha value is -0.180. The number of hydrogen-bond donors (Lipinski definition) is 0. The van der Waals surface area contributed by atoms with Crippen LogP contribution in [0.2, 0.25) is 0 Å². The zero-order valence-electron chi connectivity index (χ0n) is 9.67. The van der Waals surface area contributed by atoms with E-state index in [1.54, 1.807) is 0 Å². The van der Waals surface area contributed by atoms with Gasteiger partial charge in [0.05, 0.1) is 25.7 Å². The lowest BCUT2D eigenvalue weighted by Crippen LogP contribution is -2.11. The summed E-state index contributed by atoms with van der Waals surface area (Å²) in [6.07, 6.45) is 3.06. The molecule has 0 aliphatic rings. The molecular formula is C8H18O6S2. The molecule has 0 heterocycles. The molecule has 8 heteroatoms. The van der Waals surface area contributed by atoms with E-state index >= 15 is 0 Å². The lowest BCUT2D eigenvalue weighted by molar-refractivity contribution is 0.252. The Kier molecular flexibility index (Phi) is 6.46. The van der Waals surface area contributed by atoms with Crippen molar-refractivity contribution in [3.05, 3.63) is 0 Å². The van der Waals surface area contributed by atoms with Gasteiger partial charge >= 0.3 is 0 Å². The summed E-state index contributed by atoms with van der Waals surface area (Å²) in [6, 6.07) is 0. The molecule has 0 aliphatic carbocycles. The summed E-state index contributed by atoms with van der Waals surface area (Å²) in [6.45, 7) is 2.09. The Morgan fingerprint density at radius 1 is 0.875 bits per heavy atom. The zero-order chi connectivity index (χ0) is 12.8. The molecule has 0 N–H and O–H groups in total. The van der Waals surface area contributed by atoms with E-state index in [0.717, 1.165) is 12.5 Å². The second-order valence-corrected chi connectivity index (χ2v) is 7.02. The Bertz CT molecular complexity index is 345. The molecular weight excluding hydrogens is 256 g/mol. The molecule has 0 atom stereocenters. The van der Waals surface area contributed by atoms with Crippen molar-refractivity contribution in [1.29, 1.82) is 0 Å². The van der Waals surface area contributed by atoms with E-state index in [0.29, 0.717) is 12.8 Å². The van der Waals surface area contributed by atoms with Crippen LogP contribution in [-0.2, 0) is 28.6 Å². The van der Waals surface area contributed by atoms with Gasteiger partial charge in [0.15, 0.2) is 0 Å². The first-order valence-corrected chi connectivity index (χ1v) is 8.42. The fourth-order valence-corrected chi connectivity index (χ4v) is 1.74. The topological polar surface area (TPSA) is 86.7 Å². The van der Waals surface area contributed by atoms with Gasteiger partial charge in [-0.2, -0.15) is 16.8 Å². The molecule has 0 aromatic heterocycles. The SMILES string of the molecule is CC(CCOS(C)(=O)=O)CCOS(C)(=O)=O. The zero-order valence-corrected chi connectivity index (χ0v) is 11.3. The third kappa shape index (κ3) is 11.9. The number of rotatable bonds is 8. The van der Waals surface area contributed by atoms with E-state index in [1.165, 1.54) is 0 Å². The minimum absolute atomic E-state index is 0.110. The van der Waals surface area contributed by atoms with Crippen molar-refractivity contribution in [3.8, 4) is 0 Å². The Morgan fingerprint density at radius 3 is 1.44 bits per heavy atom. The van der Waals surface area contributed by atoms with Gasteiger partial charge in [-0.15, -0.1) is 0 Å². The van der Waals surface area contributed by atoms with Gasteiger partial charge in [-0.05, 0) is 18.8 Å². The lowest BCUT2D eigenvalue weighted by Gasteiger charge is -2.10. The van der Waals surface area contributed by atoms with Gasteiger partial charge < -0.3 is 0 Å². The first-order chi connectivity index (χ1) is 7.10. The normalized spacial score (nSPS) is 13.2. The molecule has 0 unspecified atom stereocenters. The molecule has 16 heavy (non-hydrogen) atoms. The molecule has 0 fully saturated rings. The smallest absolute Gasteiger partial charge is 0.264 e. The molecule has 0 saturated heterocycles. The standard InChI is InChI=1S/C8H18O6S2/c1-8(4-6-13-15(2,9)10)5-7-14-16(3,11)12/h8H,4-7H2,1-3H3. The predicted octanol–water partition coefficient (Wildman–Crippen LogP) is 0.355. The first kappa shape index (κ1) is 15.8. The van der Waals surface area contributed by atoms with Crippen molar-refractivity contribution >= 4 is 20.2 Å². The molecule has 0 radical (unpaired) electrons. The van der Waals surface area contributed by atoms with E-state index in [2.05, 4.69) is 8.37 Å². The number of hydrogen-bond acceptors (Lipinski definition) is 6. The molecule has 0 spiro atoms. The summed E-state index contributed by atoms with van der Waals surface area (Å²) in [4.78, 5) is 0. The van der Waals surface area contributed by atoms with Gasteiger partial charge in [-0.25, -0.2) is 0 Å². The third-order valence-corrected chi connectivity index (χ3v) is 3.01. The fraction of sp³-hybridized carbons (Fsp3) is 1.00. The van der Waals surface area contributed by atoms with Crippen molar-refractivity contribution in [2.45, 2.75) is 19.8 Å². The molecule has 0 bridgehead atoms. The Balaban J connectivity index is 3.64. The molecule has 0 rings (SSSR count). The fourth-order valence-electron chi connectivity index (χ4n) is 0.946. The summed E-state index contributed by atoms with van der Waals surface area (Å²) in [5.41, 5.74) is 0. The second-order valence-electron chi connectivity index (χ2n) is 3.73. The van der Waals surface area contributed by atoms with E-state index in [-0.39, 0.29) is 19.1 Å². The van der Waals surface area contributed by atoms with Crippen LogP contribution in [0.25, 0.3) is 0 Å². The van der Waals surface area contributed by atoms with E-state index < -0.39 is 20.2 Å². The van der Waals surface area contributed by atoms with Crippen LogP contribution in [0.4, 0.5) is 0 Å². The van der Waals surface area contributed by atoms with Crippen LogP contribution in [0.1, 0.15) is 19.8 Å². The van der Waals surface area contributed by atoms with Gasteiger partial charge in [0.1, 0.15) is 0 Å². The third-order valence-electron chi connectivity index (χ3n) is 1.82. The molecule has 0 amide bonds. The molecule has 0 saturated carbocycles. The maximum absolute atomic E-state index is 10.6. The molecule has 0 aromatic carbocycles. The van der Waals surface area contributed by atoms with Gasteiger partial charge in [0.25, 0.3) is 20.2 Å². The molecule has 0 aromatic rings. The van der Waals surface area contributed by atoms with Gasteiger partial charge in [-0.3, -0.25) is 8.37 Å². The van der Waals surface area contributed by atoms with Crippen LogP contribution in [0.15, 0.2) is 0 Å². The maximum atomic E-state index is 10.6. The summed E-state index contributed by atoms with van der Waals surface area (Å²) >= 11 is 0. The van der Waals surface area contributed by atoms with Crippen LogP contribution in [0.3, 0.4) is 0 Å². The highest BCUT2D eigenvalue weighted by molar-refractivity contribution is 7.86. The van der Waals surface area contributed by atoms with Crippen molar-refractivity contribution in [1.82, 2.24) is 0 Å². The van der Waals surface area contributed by atoms with Gasteiger partial charge in [-0.1, -0.05) is 6.92 Å². The van der Waals surface area contributed by atoms with Gasteiger partial charge in [0, 0.05) is 0 Å². The van der Waals surface area contributed by atoms with Crippen LogP contribution in [0.5, 0.6) is 0 Å². The van der Waals surface area contributed by atoms with Crippen molar-refractivity contribution in [2.75, 3.05) is 25.7 Å². The van der Waals surface area contributed by atoms with Crippen molar-refractivity contribution in [2.24, 2.45) is 5.92 Å². The van der Waals surface area contributed by atoms with Crippen LogP contribution < -0.4 is 0 Å². The Morgan fingerprint density at radius 2 is 1.19 bits per heavy atom. The quantitative estimate of drug-likeness (QED) is 0.594. The Labute approximate surface area is 97.2 Å². The highest BCUT2D eigenvalue weighted by Crippen LogP contribution is 2.09. The lowest BCUT2D eigenvalue weighted by atomic mass is 10.1. The second kappa shape index (κ2) is 6.53. The maximum Gasteiger partial charge on any atom is 0.264 e. The summed E-state index contributed by atoms with van der Waals surface area (Å²) < 4.78 is 51.6. The van der Waals surface area contributed by atoms with Crippen molar-refractivity contribution < 1.29 is 25.2 Å². The van der Waals surface area contributed by atoms with E-state index in [1.807, 2.05) is 6.92 Å². The van der Waals surface area contributed by atoms with E-state index in [9.17, 15) is 16.8 Å². The molecule has 6 nitrogen and oxygen atoms in total. The van der Waals surface area contributed by atoms with Crippen LogP contribution in [-0.4, -0.2) is 42.6 Å². The highest BCUT2D eigenvalue weighted by atomic mass is 32.2. The average molecular weight is 274 g/mol. The minimum Gasteiger partial charge on any atom is -0.270 e. The summed E-state index contributed by atoms with van der Waals surface area (Å²) in [5.74, 6) is 0.142. The summed E-state index contributed by atoms with van der Waals surface area (Å²) in [7, 11) is -6.78.